The van der Waals surface area contributed by atoms with E-state index in [0.717, 1.165) is 17.7 Å². The van der Waals surface area contributed by atoms with Gasteiger partial charge in [-0.1, -0.05) is 31.2 Å². The number of aryl methyl sites for hydroxylation is 1. The maximum Gasteiger partial charge on any atom is 0.325 e. The van der Waals surface area contributed by atoms with Crippen molar-refractivity contribution in [2.24, 2.45) is 0 Å². The molecule has 2 aromatic rings. The Labute approximate surface area is 158 Å². The number of amides is 3. The summed E-state index contributed by atoms with van der Waals surface area (Å²) in [4.78, 5) is 26.4. The van der Waals surface area contributed by atoms with E-state index in [1.807, 2.05) is 30.3 Å². The van der Waals surface area contributed by atoms with Gasteiger partial charge in [0.15, 0.2) is 0 Å². The Bertz CT molecular complexity index is 902. The van der Waals surface area contributed by atoms with Gasteiger partial charge < -0.3 is 10.1 Å². The molecule has 3 rings (SSSR count). The Morgan fingerprint density at radius 3 is 2.59 bits per heavy atom. The number of benzene rings is 2. The van der Waals surface area contributed by atoms with Crippen molar-refractivity contribution >= 4 is 11.9 Å². The number of nitrogens with one attached hydrogen (secondary N) is 1. The number of carbonyl (C=O) groups excluding carboxylic acids is 2. The third-order valence-electron chi connectivity index (χ3n) is 4.76. The zero-order valence-electron chi connectivity index (χ0n) is 15.4. The van der Waals surface area contributed by atoms with Gasteiger partial charge in [-0.25, -0.2) is 4.79 Å². The second-order valence-corrected chi connectivity index (χ2v) is 6.55. The van der Waals surface area contributed by atoms with Crippen LogP contribution in [0.1, 0.15) is 30.5 Å². The molecule has 27 heavy (non-hydrogen) atoms. The molecule has 1 aliphatic heterocycles. The van der Waals surface area contributed by atoms with Gasteiger partial charge in [-0.3, -0.25) is 9.69 Å². The molecule has 138 valence electrons. The molecule has 0 radical (unpaired) electrons. The minimum atomic E-state index is -1.15. The van der Waals surface area contributed by atoms with E-state index < -0.39 is 11.6 Å². The van der Waals surface area contributed by atoms with Crippen LogP contribution in [0.2, 0.25) is 0 Å². The Morgan fingerprint density at radius 2 is 1.93 bits per heavy atom. The molecule has 1 N–H and O–H groups in total. The van der Waals surface area contributed by atoms with E-state index in [4.69, 9.17) is 10.00 Å². The quantitative estimate of drug-likeness (QED) is 0.800. The number of hydrogen-bond acceptors (Lipinski definition) is 4. The number of imide groups is 1. The van der Waals surface area contributed by atoms with Crippen LogP contribution in [0.25, 0.3) is 0 Å². The van der Waals surface area contributed by atoms with Crippen LogP contribution < -0.4 is 10.1 Å². The van der Waals surface area contributed by atoms with Gasteiger partial charge >= 0.3 is 6.03 Å². The van der Waals surface area contributed by atoms with Gasteiger partial charge in [0.1, 0.15) is 17.9 Å². The van der Waals surface area contributed by atoms with Gasteiger partial charge in [-0.2, -0.15) is 5.26 Å². The normalized spacial score (nSPS) is 18.9. The van der Waals surface area contributed by atoms with Gasteiger partial charge in [0.25, 0.3) is 5.91 Å². The third-order valence-corrected chi connectivity index (χ3v) is 4.76. The lowest BCUT2D eigenvalue weighted by atomic mass is 9.91. The highest BCUT2D eigenvalue weighted by molar-refractivity contribution is 6.07. The van der Waals surface area contributed by atoms with Crippen LogP contribution in [0.3, 0.4) is 0 Å². The zero-order valence-corrected chi connectivity index (χ0v) is 15.4. The van der Waals surface area contributed by atoms with Crippen LogP contribution in [0.4, 0.5) is 4.79 Å². The average molecular weight is 363 g/mol. The van der Waals surface area contributed by atoms with Crippen LogP contribution >= 0.6 is 0 Å². The highest BCUT2D eigenvalue weighted by Gasteiger charge is 2.48. The van der Waals surface area contributed by atoms with Crippen molar-refractivity contribution < 1.29 is 14.3 Å². The highest BCUT2D eigenvalue weighted by Crippen LogP contribution is 2.29. The predicted octanol–water partition coefficient (Wildman–Crippen LogP) is 2.97. The number of ether oxygens (including phenoxy) is 1. The van der Waals surface area contributed by atoms with Gasteiger partial charge in [0.2, 0.25) is 0 Å². The molecule has 1 heterocycles. The first-order valence-corrected chi connectivity index (χ1v) is 8.84. The van der Waals surface area contributed by atoms with Crippen molar-refractivity contribution in [1.82, 2.24) is 10.2 Å². The molecule has 2 aromatic carbocycles. The summed E-state index contributed by atoms with van der Waals surface area (Å²) in [7, 11) is 0. The molecule has 0 spiro atoms. The molecule has 1 fully saturated rings. The van der Waals surface area contributed by atoms with Crippen molar-refractivity contribution in [2.75, 3.05) is 13.2 Å². The molecular formula is C21H21N3O3. The SMILES string of the molecule is CCc1cccc(OCCN2C(=O)NC(C)(c3ccc(C#N)cc3)C2=O)c1. The predicted molar refractivity (Wildman–Crippen MR) is 100 cm³/mol. The molecule has 1 atom stereocenters. The molecular weight excluding hydrogens is 342 g/mol. The Balaban J connectivity index is 1.67. The second-order valence-electron chi connectivity index (χ2n) is 6.55. The molecule has 1 unspecified atom stereocenters. The first kappa shape index (κ1) is 18.5. The van der Waals surface area contributed by atoms with E-state index >= 15 is 0 Å². The van der Waals surface area contributed by atoms with Gasteiger partial charge in [-0.05, 0) is 48.7 Å². The maximum atomic E-state index is 12.9. The molecule has 0 saturated carbocycles. The van der Waals surface area contributed by atoms with Crippen molar-refractivity contribution in [3.8, 4) is 11.8 Å². The van der Waals surface area contributed by atoms with Crippen molar-refractivity contribution in [3.05, 3.63) is 65.2 Å². The lowest BCUT2D eigenvalue weighted by Gasteiger charge is -2.22. The monoisotopic (exact) mass is 363 g/mol. The molecule has 3 amide bonds. The molecule has 1 saturated heterocycles. The number of urea groups is 1. The second kappa shape index (κ2) is 7.50. The summed E-state index contributed by atoms with van der Waals surface area (Å²) < 4.78 is 5.70. The van der Waals surface area contributed by atoms with E-state index in [2.05, 4.69) is 12.2 Å². The Hall–Kier alpha value is -3.33. The van der Waals surface area contributed by atoms with Gasteiger partial charge in [0, 0.05) is 0 Å². The van der Waals surface area contributed by atoms with Crippen LogP contribution in [0.15, 0.2) is 48.5 Å². The van der Waals surface area contributed by atoms with E-state index in [0.29, 0.717) is 11.1 Å². The molecule has 6 nitrogen and oxygen atoms in total. The van der Waals surface area contributed by atoms with E-state index in [1.54, 1.807) is 31.2 Å². The maximum absolute atomic E-state index is 12.9. The largest absolute Gasteiger partial charge is 0.492 e. The minimum absolute atomic E-state index is 0.160. The van der Waals surface area contributed by atoms with Crippen LogP contribution in [-0.2, 0) is 16.8 Å². The summed E-state index contributed by atoms with van der Waals surface area (Å²) in [5.74, 6) is 0.388. The van der Waals surface area contributed by atoms with Crippen LogP contribution in [-0.4, -0.2) is 30.0 Å². The number of carbonyl (C=O) groups is 2. The number of hydrogen-bond donors (Lipinski definition) is 1. The van der Waals surface area contributed by atoms with E-state index in [9.17, 15) is 9.59 Å². The minimum Gasteiger partial charge on any atom is -0.492 e. The Morgan fingerprint density at radius 1 is 1.19 bits per heavy atom. The van der Waals surface area contributed by atoms with E-state index in [1.165, 1.54) is 4.90 Å². The molecule has 0 aliphatic carbocycles. The van der Waals surface area contributed by atoms with Crippen molar-refractivity contribution in [1.29, 1.82) is 5.26 Å². The fraction of sp³-hybridized carbons (Fsp3) is 0.286. The molecule has 6 heteroatoms. The average Bonchev–Trinajstić information content (AvgIpc) is 2.92. The summed E-state index contributed by atoms with van der Waals surface area (Å²) in [5, 5.41) is 11.7. The molecule has 0 aromatic heterocycles. The first-order chi connectivity index (χ1) is 13.0. The summed E-state index contributed by atoms with van der Waals surface area (Å²) in [6, 6.07) is 16.0. The molecule has 1 aliphatic rings. The molecule has 0 bridgehead atoms. The summed E-state index contributed by atoms with van der Waals surface area (Å²) in [5.41, 5.74) is 1.15. The number of rotatable bonds is 6. The lowest BCUT2D eigenvalue weighted by molar-refractivity contribution is -0.131. The summed E-state index contributed by atoms with van der Waals surface area (Å²) in [6.45, 7) is 4.11. The highest BCUT2D eigenvalue weighted by atomic mass is 16.5. The topological polar surface area (TPSA) is 82.4 Å². The Kier molecular flexibility index (Phi) is 5.13. The van der Waals surface area contributed by atoms with Crippen LogP contribution in [0.5, 0.6) is 5.75 Å². The van der Waals surface area contributed by atoms with E-state index in [-0.39, 0.29) is 19.1 Å². The lowest BCUT2D eigenvalue weighted by Crippen LogP contribution is -2.41. The summed E-state index contributed by atoms with van der Waals surface area (Å²) >= 11 is 0. The summed E-state index contributed by atoms with van der Waals surface area (Å²) in [6.07, 6.45) is 0.910. The first-order valence-electron chi connectivity index (χ1n) is 8.84. The van der Waals surface area contributed by atoms with Crippen molar-refractivity contribution in [2.45, 2.75) is 25.8 Å². The third kappa shape index (κ3) is 3.63. The van der Waals surface area contributed by atoms with Gasteiger partial charge in [0.05, 0.1) is 18.2 Å². The number of nitriles is 1. The fourth-order valence-electron chi connectivity index (χ4n) is 3.08. The standard InChI is InChI=1S/C21H21N3O3/c1-3-15-5-4-6-18(13-15)27-12-11-24-19(25)21(2,23-20(24)26)17-9-7-16(14-22)8-10-17/h4-10,13H,3,11-12H2,1-2H3,(H,23,26). The van der Waals surface area contributed by atoms with Gasteiger partial charge in [-0.15, -0.1) is 0 Å². The fourth-order valence-corrected chi connectivity index (χ4v) is 3.08. The number of nitrogens with zero attached hydrogens (tertiary/aromatic N) is 2. The van der Waals surface area contributed by atoms with Crippen LogP contribution in [0, 0.1) is 11.3 Å². The zero-order chi connectivity index (χ0) is 19.4. The van der Waals surface area contributed by atoms with Crippen molar-refractivity contribution in [3.63, 3.8) is 0 Å². The smallest absolute Gasteiger partial charge is 0.325 e.